The summed E-state index contributed by atoms with van der Waals surface area (Å²) in [5, 5.41) is 6.82. The normalized spacial score (nSPS) is 16.9. The lowest BCUT2D eigenvalue weighted by Crippen LogP contribution is -2.44. The molecule has 6 heteroatoms. The van der Waals surface area contributed by atoms with Crippen molar-refractivity contribution in [1.29, 1.82) is 0 Å². The van der Waals surface area contributed by atoms with Gasteiger partial charge in [-0.25, -0.2) is 4.98 Å². The first-order valence-electron chi connectivity index (χ1n) is 11.2. The van der Waals surface area contributed by atoms with Crippen LogP contribution in [0.5, 0.6) is 0 Å². The summed E-state index contributed by atoms with van der Waals surface area (Å²) in [6.45, 7) is 6.39. The first-order chi connectivity index (χ1) is 15.1. The van der Waals surface area contributed by atoms with Crippen LogP contribution in [0.2, 0.25) is 0 Å². The number of piperazine rings is 1. The number of aryl methyl sites for hydroxylation is 1. The monoisotopic (exact) mass is 414 g/mol. The zero-order valence-electron chi connectivity index (χ0n) is 18.3. The zero-order chi connectivity index (χ0) is 21.2. The smallest absolute Gasteiger partial charge is 0.229 e. The average Bonchev–Trinajstić information content (AvgIpc) is 3.63. The molecule has 1 saturated heterocycles. The van der Waals surface area contributed by atoms with Gasteiger partial charge in [-0.3, -0.25) is 0 Å². The number of benzene rings is 2. The van der Waals surface area contributed by atoms with Crippen molar-refractivity contribution < 1.29 is 0 Å². The molecule has 6 nitrogen and oxygen atoms in total. The fourth-order valence-electron chi connectivity index (χ4n) is 4.00. The van der Waals surface area contributed by atoms with Gasteiger partial charge in [0.25, 0.3) is 0 Å². The quantitative estimate of drug-likeness (QED) is 0.598. The molecule has 0 spiro atoms. The van der Waals surface area contributed by atoms with Crippen molar-refractivity contribution in [3.05, 3.63) is 65.9 Å². The van der Waals surface area contributed by atoms with E-state index in [4.69, 9.17) is 4.98 Å². The highest BCUT2D eigenvalue weighted by atomic mass is 15.2. The van der Waals surface area contributed by atoms with Crippen LogP contribution in [0.25, 0.3) is 0 Å². The Balaban J connectivity index is 1.27. The fourth-order valence-corrected chi connectivity index (χ4v) is 4.00. The molecule has 0 amide bonds. The van der Waals surface area contributed by atoms with Crippen LogP contribution in [0.3, 0.4) is 0 Å². The van der Waals surface area contributed by atoms with Crippen molar-refractivity contribution in [1.82, 2.24) is 14.9 Å². The molecule has 2 aliphatic rings. The molecule has 2 heterocycles. The van der Waals surface area contributed by atoms with Gasteiger partial charge in [0, 0.05) is 55.0 Å². The van der Waals surface area contributed by atoms with Gasteiger partial charge in [0.05, 0.1) is 0 Å². The number of hydrogen-bond acceptors (Lipinski definition) is 6. The Morgan fingerprint density at radius 2 is 1.68 bits per heavy atom. The maximum Gasteiger partial charge on any atom is 0.229 e. The van der Waals surface area contributed by atoms with Crippen molar-refractivity contribution in [2.75, 3.05) is 48.8 Å². The predicted octanol–water partition coefficient (Wildman–Crippen LogP) is 4.90. The van der Waals surface area contributed by atoms with Crippen molar-refractivity contribution in [3.63, 3.8) is 0 Å². The van der Waals surface area contributed by atoms with Gasteiger partial charge in [-0.2, -0.15) is 4.98 Å². The number of hydrogen-bond donors (Lipinski definition) is 2. The van der Waals surface area contributed by atoms with Gasteiger partial charge in [-0.1, -0.05) is 12.1 Å². The van der Waals surface area contributed by atoms with Crippen molar-refractivity contribution in [3.8, 4) is 0 Å². The molecule has 1 aliphatic carbocycles. The summed E-state index contributed by atoms with van der Waals surface area (Å²) in [5.74, 6) is 2.16. The van der Waals surface area contributed by atoms with Crippen molar-refractivity contribution in [2.24, 2.45) is 0 Å². The van der Waals surface area contributed by atoms with E-state index in [1.165, 1.54) is 24.1 Å². The molecule has 3 aromatic rings. The van der Waals surface area contributed by atoms with E-state index in [0.29, 0.717) is 5.95 Å². The Hall–Kier alpha value is -3.12. The molecule has 1 aliphatic heterocycles. The Kier molecular flexibility index (Phi) is 5.47. The second kappa shape index (κ2) is 8.55. The standard InChI is InChI=1S/C25H30N6/c1-18-17-26-25(29-24(18)27-22-5-3-4-20(16-22)19-6-7-19)28-21-8-10-23(11-9-21)31-14-12-30(2)13-15-31/h3-5,8-11,16-17,19H,6-7,12-15H2,1-2H3,(H2,26,27,28,29). The van der Waals surface area contributed by atoms with Crippen LogP contribution in [-0.2, 0) is 0 Å². The Labute approximate surface area is 184 Å². The molecule has 1 saturated carbocycles. The van der Waals surface area contributed by atoms with Crippen LogP contribution in [0.1, 0.15) is 29.9 Å². The molecule has 0 radical (unpaired) electrons. The first-order valence-corrected chi connectivity index (χ1v) is 11.2. The van der Waals surface area contributed by atoms with Gasteiger partial charge in [-0.05, 0) is 74.7 Å². The summed E-state index contributed by atoms with van der Waals surface area (Å²) in [6, 6.07) is 17.2. The zero-order valence-corrected chi connectivity index (χ0v) is 18.3. The molecular formula is C25H30N6. The van der Waals surface area contributed by atoms with Gasteiger partial charge in [0.15, 0.2) is 0 Å². The number of nitrogens with zero attached hydrogens (tertiary/aromatic N) is 4. The van der Waals surface area contributed by atoms with Crippen molar-refractivity contribution in [2.45, 2.75) is 25.7 Å². The molecule has 5 rings (SSSR count). The number of nitrogens with one attached hydrogen (secondary N) is 2. The van der Waals surface area contributed by atoms with E-state index in [0.717, 1.165) is 54.9 Å². The van der Waals surface area contributed by atoms with Crippen LogP contribution in [0, 0.1) is 6.92 Å². The molecule has 31 heavy (non-hydrogen) atoms. The summed E-state index contributed by atoms with van der Waals surface area (Å²) in [4.78, 5) is 14.0. The van der Waals surface area contributed by atoms with Gasteiger partial charge >= 0.3 is 0 Å². The van der Waals surface area contributed by atoms with E-state index in [1.54, 1.807) is 0 Å². The van der Waals surface area contributed by atoms with Crippen molar-refractivity contribution >= 4 is 28.8 Å². The molecule has 160 valence electrons. The van der Waals surface area contributed by atoms with Crippen LogP contribution < -0.4 is 15.5 Å². The molecule has 0 atom stereocenters. The van der Waals surface area contributed by atoms with Crippen LogP contribution in [0.4, 0.5) is 28.8 Å². The Bertz CT molecular complexity index is 1040. The minimum absolute atomic E-state index is 0.596. The predicted molar refractivity (Wildman–Crippen MR) is 128 cm³/mol. The highest BCUT2D eigenvalue weighted by Crippen LogP contribution is 2.40. The lowest BCUT2D eigenvalue weighted by molar-refractivity contribution is 0.313. The lowest BCUT2D eigenvalue weighted by Gasteiger charge is -2.34. The Morgan fingerprint density at radius 1 is 0.903 bits per heavy atom. The minimum Gasteiger partial charge on any atom is -0.369 e. The highest BCUT2D eigenvalue weighted by molar-refractivity contribution is 5.64. The van der Waals surface area contributed by atoms with Gasteiger partial charge in [-0.15, -0.1) is 0 Å². The second-order valence-electron chi connectivity index (χ2n) is 8.71. The SMILES string of the molecule is Cc1cnc(Nc2ccc(N3CCN(C)CC3)cc2)nc1Nc1cccc(C2CC2)c1. The van der Waals surface area contributed by atoms with E-state index in [-0.39, 0.29) is 0 Å². The fraction of sp³-hybridized carbons (Fsp3) is 0.360. The van der Waals surface area contributed by atoms with Crippen LogP contribution in [0.15, 0.2) is 54.7 Å². The summed E-state index contributed by atoms with van der Waals surface area (Å²) in [7, 11) is 2.18. The second-order valence-corrected chi connectivity index (χ2v) is 8.71. The van der Waals surface area contributed by atoms with E-state index >= 15 is 0 Å². The molecule has 2 aromatic carbocycles. The maximum absolute atomic E-state index is 4.72. The maximum atomic E-state index is 4.72. The average molecular weight is 415 g/mol. The number of rotatable bonds is 6. The number of anilines is 5. The molecule has 0 bridgehead atoms. The molecule has 2 N–H and O–H groups in total. The van der Waals surface area contributed by atoms with E-state index in [9.17, 15) is 0 Å². The summed E-state index contributed by atoms with van der Waals surface area (Å²) in [6.07, 6.45) is 4.47. The van der Waals surface area contributed by atoms with E-state index in [1.807, 2.05) is 13.1 Å². The van der Waals surface area contributed by atoms with Gasteiger partial charge in [0.2, 0.25) is 5.95 Å². The van der Waals surface area contributed by atoms with E-state index in [2.05, 4.69) is 81.0 Å². The number of likely N-dealkylation sites (N-methyl/N-ethyl adjacent to an activating group) is 1. The topological polar surface area (TPSA) is 56.3 Å². The first kappa shape index (κ1) is 19.8. The third-order valence-corrected chi connectivity index (χ3v) is 6.16. The van der Waals surface area contributed by atoms with E-state index < -0.39 is 0 Å². The molecule has 0 unspecified atom stereocenters. The lowest BCUT2D eigenvalue weighted by atomic mass is 10.1. The van der Waals surface area contributed by atoms with Crippen LogP contribution >= 0.6 is 0 Å². The van der Waals surface area contributed by atoms with Gasteiger partial charge < -0.3 is 20.4 Å². The minimum atomic E-state index is 0.596. The molecular weight excluding hydrogens is 384 g/mol. The third kappa shape index (κ3) is 4.80. The summed E-state index contributed by atoms with van der Waals surface area (Å²) >= 11 is 0. The molecule has 1 aromatic heterocycles. The Morgan fingerprint density at radius 3 is 2.42 bits per heavy atom. The largest absolute Gasteiger partial charge is 0.369 e. The molecule has 2 fully saturated rings. The number of aromatic nitrogens is 2. The highest BCUT2D eigenvalue weighted by Gasteiger charge is 2.23. The summed E-state index contributed by atoms with van der Waals surface area (Å²) < 4.78 is 0. The summed E-state index contributed by atoms with van der Waals surface area (Å²) in [5.41, 5.74) is 5.77. The van der Waals surface area contributed by atoms with Crippen LogP contribution in [-0.4, -0.2) is 48.1 Å². The van der Waals surface area contributed by atoms with Gasteiger partial charge in [0.1, 0.15) is 5.82 Å². The third-order valence-electron chi connectivity index (χ3n) is 6.16.